The van der Waals surface area contributed by atoms with Gasteiger partial charge in [0.25, 0.3) is 0 Å². The Morgan fingerprint density at radius 3 is 2.86 bits per heavy atom. The van der Waals surface area contributed by atoms with Gasteiger partial charge in [-0.3, -0.25) is 0 Å². The molecule has 1 N–H and O–H groups in total. The first kappa shape index (κ1) is 10.0. The van der Waals surface area contributed by atoms with Crippen LogP contribution in [0.15, 0.2) is 18.2 Å². The number of halogens is 1. The Kier molecular flexibility index (Phi) is 2.32. The summed E-state index contributed by atoms with van der Waals surface area (Å²) in [6, 6.07) is 5.99. The molecular formula is C12H15ClO. The number of aliphatic hydroxyl groups excluding tert-OH is 1. The van der Waals surface area contributed by atoms with Gasteiger partial charge in [-0.2, -0.15) is 0 Å². The Hall–Kier alpha value is -0.530. The van der Waals surface area contributed by atoms with E-state index in [4.69, 9.17) is 11.6 Å². The number of benzene rings is 1. The van der Waals surface area contributed by atoms with E-state index in [9.17, 15) is 5.11 Å². The normalized spacial score (nSPS) is 24.4. The van der Waals surface area contributed by atoms with E-state index < -0.39 is 0 Å². The van der Waals surface area contributed by atoms with Crippen LogP contribution in [0.4, 0.5) is 0 Å². The minimum atomic E-state index is -0.226. The summed E-state index contributed by atoms with van der Waals surface area (Å²) in [6.45, 7) is 4.34. The summed E-state index contributed by atoms with van der Waals surface area (Å²) >= 11 is 5.94. The zero-order chi connectivity index (χ0) is 10.3. The monoisotopic (exact) mass is 210 g/mol. The molecule has 0 heterocycles. The first-order valence-corrected chi connectivity index (χ1v) is 5.34. The molecule has 1 aromatic carbocycles. The second-order valence-electron chi connectivity index (χ2n) is 4.75. The first-order chi connectivity index (χ1) is 6.49. The molecule has 1 aromatic rings. The van der Waals surface area contributed by atoms with E-state index >= 15 is 0 Å². The molecule has 0 bridgehead atoms. The third-order valence-corrected chi connectivity index (χ3v) is 3.23. The van der Waals surface area contributed by atoms with Gasteiger partial charge in [0.2, 0.25) is 0 Å². The molecule has 0 spiro atoms. The SMILES string of the molecule is CC1(C)CC(O)Cc2cc(Cl)ccc21. The van der Waals surface area contributed by atoms with Crippen molar-refractivity contribution in [2.75, 3.05) is 0 Å². The van der Waals surface area contributed by atoms with E-state index in [1.165, 1.54) is 11.1 Å². The summed E-state index contributed by atoms with van der Waals surface area (Å²) in [4.78, 5) is 0. The molecule has 1 aliphatic rings. The van der Waals surface area contributed by atoms with Gasteiger partial charge in [0.1, 0.15) is 0 Å². The van der Waals surface area contributed by atoms with Gasteiger partial charge in [0.15, 0.2) is 0 Å². The highest BCUT2D eigenvalue weighted by molar-refractivity contribution is 6.30. The average Bonchev–Trinajstić information content (AvgIpc) is 2.00. The summed E-state index contributed by atoms with van der Waals surface area (Å²) < 4.78 is 0. The van der Waals surface area contributed by atoms with Crippen LogP contribution in [0.1, 0.15) is 31.4 Å². The molecule has 0 radical (unpaired) electrons. The lowest BCUT2D eigenvalue weighted by molar-refractivity contribution is 0.128. The van der Waals surface area contributed by atoms with Crippen LogP contribution < -0.4 is 0 Å². The highest BCUT2D eigenvalue weighted by atomic mass is 35.5. The summed E-state index contributed by atoms with van der Waals surface area (Å²) in [5.41, 5.74) is 2.59. The molecule has 0 saturated heterocycles. The lowest BCUT2D eigenvalue weighted by Crippen LogP contribution is -2.32. The quantitative estimate of drug-likeness (QED) is 0.698. The van der Waals surface area contributed by atoms with Crippen LogP contribution in [0.2, 0.25) is 5.02 Å². The fourth-order valence-electron chi connectivity index (χ4n) is 2.42. The van der Waals surface area contributed by atoms with Gasteiger partial charge in [-0.05, 0) is 41.5 Å². The topological polar surface area (TPSA) is 20.2 Å². The molecule has 76 valence electrons. The van der Waals surface area contributed by atoms with E-state index in [2.05, 4.69) is 19.9 Å². The molecule has 2 rings (SSSR count). The highest BCUT2D eigenvalue weighted by Crippen LogP contribution is 2.37. The van der Waals surface area contributed by atoms with Gasteiger partial charge < -0.3 is 5.11 Å². The molecule has 0 aliphatic heterocycles. The van der Waals surface area contributed by atoms with Crippen LogP contribution in [0.3, 0.4) is 0 Å². The first-order valence-electron chi connectivity index (χ1n) is 4.96. The minimum absolute atomic E-state index is 0.0671. The summed E-state index contributed by atoms with van der Waals surface area (Å²) in [5.74, 6) is 0. The summed E-state index contributed by atoms with van der Waals surface area (Å²) in [6.07, 6.45) is 1.34. The van der Waals surface area contributed by atoms with Crippen molar-refractivity contribution in [3.05, 3.63) is 34.3 Å². The Morgan fingerprint density at radius 2 is 2.14 bits per heavy atom. The molecule has 1 atom stereocenters. The van der Waals surface area contributed by atoms with Crippen molar-refractivity contribution in [1.29, 1.82) is 0 Å². The second-order valence-corrected chi connectivity index (χ2v) is 5.18. The number of hydrogen-bond acceptors (Lipinski definition) is 1. The van der Waals surface area contributed by atoms with E-state index in [1.807, 2.05) is 12.1 Å². The maximum Gasteiger partial charge on any atom is 0.0589 e. The van der Waals surface area contributed by atoms with Gasteiger partial charge in [-0.1, -0.05) is 31.5 Å². The Labute approximate surface area is 89.7 Å². The van der Waals surface area contributed by atoms with Crippen molar-refractivity contribution in [2.45, 2.75) is 38.2 Å². The zero-order valence-corrected chi connectivity index (χ0v) is 9.30. The van der Waals surface area contributed by atoms with Crippen molar-refractivity contribution in [3.63, 3.8) is 0 Å². The van der Waals surface area contributed by atoms with Crippen molar-refractivity contribution >= 4 is 11.6 Å². The van der Waals surface area contributed by atoms with E-state index in [-0.39, 0.29) is 11.5 Å². The fraction of sp³-hybridized carbons (Fsp3) is 0.500. The molecule has 0 saturated carbocycles. The van der Waals surface area contributed by atoms with Gasteiger partial charge in [-0.15, -0.1) is 0 Å². The van der Waals surface area contributed by atoms with E-state index in [1.54, 1.807) is 0 Å². The Balaban J connectivity index is 2.52. The lowest BCUT2D eigenvalue weighted by atomic mass is 9.72. The standard InChI is InChI=1S/C12H15ClO/c1-12(2)7-10(14)6-8-5-9(13)3-4-11(8)12/h3-5,10,14H,6-7H2,1-2H3. The maximum absolute atomic E-state index is 9.74. The van der Waals surface area contributed by atoms with Crippen LogP contribution in [0.5, 0.6) is 0 Å². The van der Waals surface area contributed by atoms with Gasteiger partial charge in [-0.25, -0.2) is 0 Å². The number of hydrogen-bond donors (Lipinski definition) is 1. The maximum atomic E-state index is 9.74. The highest BCUT2D eigenvalue weighted by Gasteiger charge is 2.31. The van der Waals surface area contributed by atoms with E-state index in [0.29, 0.717) is 0 Å². The fourth-order valence-corrected chi connectivity index (χ4v) is 2.61. The molecule has 1 nitrogen and oxygen atoms in total. The molecule has 0 fully saturated rings. The Morgan fingerprint density at radius 1 is 1.43 bits per heavy atom. The number of aliphatic hydroxyl groups is 1. The third kappa shape index (κ3) is 1.67. The molecule has 2 heteroatoms. The lowest BCUT2D eigenvalue weighted by Gasteiger charge is -2.35. The van der Waals surface area contributed by atoms with Crippen LogP contribution >= 0.6 is 11.6 Å². The van der Waals surface area contributed by atoms with Crippen molar-refractivity contribution in [1.82, 2.24) is 0 Å². The molecule has 0 aromatic heterocycles. The van der Waals surface area contributed by atoms with Crippen molar-refractivity contribution in [2.24, 2.45) is 0 Å². The second kappa shape index (κ2) is 3.25. The van der Waals surface area contributed by atoms with Crippen LogP contribution in [0, 0.1) is 0 Å². The third-order valence-electron chi connectivity index (χ3n) is 3.00. The van der Waals surface area contributed by atoms with E-state index in [0.717, 1.165) is 17.9 Å². The predicted octanol–water partition coefficient (Wildman–Crippen LogP) is 2.92. The summed E-state index contributed by atoms with van der Waals surface area (Å²) in [7, 11) is 0. The molecule has 0 amide bonds. The predicted molar refractivity (Wildman–Crippen MR) is 58.8 cm³/mol. The average molecular weight is 211 g/mol. The number of rotatable bonds is 0. The van der Waals surface area contributed by atoms with Crippen LogP contribution in [0.25, 0.3) is 0 Å². The molecule has 1 aliphatic carbocycles. The van der Waals surface area contributed by atoms with Crippen molar-refractivity contribution < 1.29 is 5.11 Å². The summed E-state index contributed by atoms with van der Waals surface area (Å²) in [5, 5.41) is 10.5. The van der Waals surface area contributed by atoms with Crippen LogP contribution in [-0.4, -0.2) is 11.2 Å². The minimum Gasteiger partial charge on any atom is -0.393 e. The molecular weight excluding hydrogens is 196 g/mol. The van der Waals surface area contributed by atoms with Gasteiger partial charge >= 0.3 is 0 Å². The largest absolute Gasteiger partial charge is 0.393 e. The number of fused-ring (bicyclic) bond motifs is 1. The van der Waals surface area contributed by atoms with Crippen molar-refractivity contribution in [3.8, 4) is 0 Å². The van der Waals surface area contributed by atoms with Gasteiger partial charge in [0.05, 0.1) is 6.10 Å². The zero-order valence-electron chi connectivity index (χ0n) is 8.55. The molecule has 14 heavy (non-hydrogen) atoms. The smallest absolute Gasteiger partial charge is 0.0589 e. The van der Waals surface area contributed by atoms with Crippen LogP contribution in [-0.2, 0) is 11.8 Å². The van der Waals surface area contributed by atoms with Gasteiger partial charge in [0, 0.05) is 5.02 Å². The molecule has 1 unspecified atom stereocenters. The Bertz CT molecular complexity index is 357.